The van der Waals surface area contributed by atoms with Crippen LogP contribution in [0.15, 0.2) is 60.8 Å². The fraction of sp³-hybridized carbons (Fsp3) is 0.733. The highest BCUT2D eigenvalue weighted by Gasteiger charge is 2.26. The molecule has 12 nitrogen and oxygen atoms in total. The molecule has 0 aromatic heterocycles. The van der Waals surface area contributed by atoms with E-state index in [0.717, 1.165) is 25.7 Å². The van der Waals surface area contributed by atoms with Crippen LogP contribution in [0.1, 0.15) is 162 Å². The standard InChI is InChI=1S/C45H80NO11P/c1-3-5-7-8-9-10-11-12-13-14-15-16-17-18-19-24-28-34-44(50)54-38-41(39-56-58(52,53)55-37-36-46)57-45(51)35-29-33-43(49)42(48)32-27-23-21-20-22-26-31-40(47)30-25-6-4-2/h6,20-23,25-27,31-32,40-43,47-49H,3-5,7-19,24,28-30,33-39,46H2,1-2H3,(H,52,53)/b22-20+,23-21-,25-6-,31-26+,32-27-/t40-,41+,42+,43+/m0/s1. The zero-order valence-corrected chi connectivity index (χ0v) is 36.7. The lowest BCUT2D eigenvalue weighted by Crippen LogP contribution is -2.30. The molecule has 0 bridgehead atoms. The number of rotatable bonds is 40. The highest BCUT2D eigenvalue weighted by atomic mass is 31.2. The van der Waals surface area contributed by atoms with Gasteiger partial charge in [-0.3, -0.25) is 18.6 Å². The van der Waals surface area contributed by atoms with Crippen molar-refractivity contribution >= 4 is 19.8 Å². The maximum absolute atomic E-state index is 12.6. The summed E-state index contributed by atoms with van der Waals surface area (Å²) in [5, 5.41) is 30.4. The monoisotopic (exact) mass is 842 g/mol. The zero-order chi connectivity index (χ0) is 43.0. The average molecular weight is 842 g/mol. The molecule has 5 atom stereocenters. The van der Waals surface area contributed by atoms with Gasteiger partial charge in [-0.2, -0.15) is 0 Å². The third-order valence-electron chi connectivity index (χ3n) is 9.26. The van der Waals surface area contributed by atoms with E-state index in [1.807, 2.05) is 19.1 Å². The molecule has 0 radical (unpaired) electrons. The molecule has 0 saturated carbocycles. The molecule has 1 unspecified atom stereocenters. The van der Waals surface area contributed by atoms with Crippen LogP contribution in [-0.2, 0) is 32.7 Å². The molecule has 0 amide bonds. The van der Waals surface area contributed by atoms with Crippen LogP contribution in [-0.4, -0.2) is 82.9 Å². The number of aliphatic hydroxyl groups is 3. The van der Waals surface area contributed by atoms with Crippen molar-refractivity contribution in [2.24, 2.45) is 5.73 Å². The fourth-order valence-electron chi connectivity index (χ4n) is 5.86. The Bertz CT molecular complexity index is 1190. The van der Waals surface area contributed by atoms with E-state index in [1.54, 1.807) is 42.5 Å². The van der Waals surface area contributed by atoms with Crippen molar-refractivity contribution in [3.8, 4) is 0 Å². The summed E-state index contributed by atoms with van der Waals surface area (Å²) in [4.78, 5) is 34.9. The van der Waals surface area contributed by atoms with Gasteiger partial charge < -0.3 is 35.4 Å². The first-order valence-electron chi connectivity index (χ1n) is 22.1. The number of ether oxygens (including phenoxy) is 2. The van der Waals surface area contributed by atoms with E-state index in [-0.39, 0.29) is 45.4 Å². The lowest BCUT2D eigenvalue weighted by molar-refractivity contribution is -0.161. The topological polar surface area (TPSA) is 195 Å². The van der Waals surface area contributed by atoms with E-state index in [9.17, 15) is 34.4 Å². The summed E-state index contributed by atoms with van der Waals surface area (Å²) in [5.74, 6) is -1.16. The normalized spacial score (nSPS) is 15.5. The van der Waals surface area contributed by atoms with Crippen LogP contribution in [0.3, 0.4) is 0 Å². The summed E-state index contributed by atoms with van der Waals surface area (Å²) < 4.78 is 32.5. The van der Waals surface area contributed by atoms with Crippen molar-refractivity contribution < 1.29 is 52.9 Å². The van der Waals surface area contributed by atoms with Gasteiger partial charge in [0.25, 0.3) is 0 Å². The third kappa shape index (κ3) is 37.8. The Hall–Kier alpha value is -2.41. The molecule has 0 fully saturated rings. The molecule has 0 aromatic rings. The fourth-order valence-corrected chi connectivity index (χ4v) is 6.62. The predicted molar refractivity (Wildman–Crippen MR) is 233 cm³/mol. The highest BCUT2D eigenvalue weighted by molar-refractivity contribution is 7.47. The second-order valence-electron chi connectivity index (χ2n) is 14.8. The van der Waals surface area contributed by atoms with Gasteiger partial charge in [0.05, 0.1) is 31.5 Å². The van der Waals surface area contributed by atoms with Gasteiger partial charge in [-0.1, -0.05) is 177 Å². The second kappa shape index (κ2) is 40.0. The minimum absolute atomic E-state index is 0.00418. The first-order valence-corrected chi connectivity index (χ1v) is 23.6. The van der Waals surface area contributed by atoms with Crippen LogP contribution in [0.25, 0.3) is 0 Å². The molecule has 0 aromatic carbocycles. The molecule has 0 aliphatic carbocycles. The molecule has 0 aliphatic rings. The molecule has 6 N–H and O–H groups in total. The summed E-state index contributed by atoms with van der Waals surface area (Å²) >= 11 is 0. The van der Waals surface area contributed by atoms with Crippen LogP contribution in [0, 0.1) is 0 Å². The average Bonchev–Trinajstić information content (AvgIpc) is 3.20. The first kappa shape index (κ1) is 55.6. The van der Waals surface area contributed by atoms with Crippen molar-refractivity contribution in [1.82, 2.24) is 0 Å². The number of allylic oxidation sites excluding steroid dienone is 7. The Morgan fingerprint density at radius 1 is 0.638 bits per heavy atom. The summed E-state index contributed by atoms with van der Waals surface area (Å²) in [5.41, 5.74) is 5.33. The Morgan fingerprint density at radius 3 is 1.71 bits per heavy atom. The SMILES string of the molecule is CC/C=C\C[C@H](O)/C=C/C=C/C=C\C=C/[C@@H](O)[C@H](O)CCCC(=O)O[C@H](COC(=O)CCCCCCCCCCCCCCCCCCC)COP(=O)(O)OCCN. The number of carbonyl (C=O) groups excluding carboxylic acids is 2. The molecule has 0 heterocycles. The summed E-state index contributed by atoms with van der Waals surface area (Å²) in [6.07, 6.45) is 36.3. The smallest absolute Gasteiger partial charge is 0.462 e. The summed E-state index contributed by atoms with van der Waals surface area (Å²) in [7, 11) is -4.48. The van der Waals surface area contributed by atoms with Crippen LogP contribution in [0.4, 0.5) is 0 Å². The number of hydrogen-bond acceptors (Lipinski definition) is 11. The van der Waals surface area contributed by atoms with Gasteiger partial charge in [0.2, 0.25) is 0 Å². The third-order valence-corrected chi connectivity index (χ3v) is 10.2. The highest BCUT2D eigenvalue weighted by Crippen LogP contribution is 2.43. The van der Waals surface area contributed by atoms with Gasteiger partial charge in [0.15, 0.2) is 6.10 Å². The van der Waals surface area contributed by atoms with Crippen LogP contribution in [0.2, 0.25) is 0 Å². The second-order valence-corrected chi connectivity index (χ2v) is 16.2. The minimum atomic E-state index is -4.48. The van der Waals surface area contributed by atoms with E-state index < -0.39 is 50.8 Å². The van der Waals surface area contributed by atoms with Crippen LogP contribution >= 0.6 is 7.82 Å². The van der Waals surface area contributed by atoms with Crippen molar-refractivity contribution in [1.29, 1.82) is 0 Å². The molecule has 0 aliphatic heterocycles. The maximum Gasteiger partial charge on any atom is 0.472 e. The van der Waals surface area contributed by atoms with E-state index in [4.69, 9.17) is 24.3 Å². The Balaban J connectivity index is 4.46. The van der Waals surface area contributed by atoms with Gasteiger partial charge in [-0.25, -0.2) is 4.57 Å². The van der Waals surface area contributed by atoms with Gasteiger partial charge in [0.1, 0.15) is 6.61 Å². The van der Waals surface area contributed by atoms with E-state index >= 15 is 0 Å². The number of esters is 2. The van der Waals surface area contributed by atoms with Gasteiger partial charge >= 0.3 is 19.8 Å². The molecule has 0 rings (SSSR count). The summed E-state index contributed by atoms with van der Waals surface area (Å²) in [6, 6.07) is 0. The van der Waals surface area contributed by atoms with Crippen molar-refractivity contribution in [2.75, 3.05) is 26.4 Å². The van der Waals surface area contributed by atoms with Crippen molar-refractivity contribution in [3.63, 3.8) is 0 Å². The molecular weight excluding hydrogens is 761 g/mol. The maximum atomic E-state index is 12.6. The zero-order valence-electron chi connectivity index (χ0n) is 35.8. The van der Waals surface area contributed by atoms with Crippen LogP contribution in [0.5, 0.6) is 0 Å². The lowest BCUT2D eigenvalue weighted by atomic mass is 10.0. The number of hydrogen-bond donors (Lipinski definition) is 5. The number of phosphoric acid groups is 1. The molecular formula is C45H80NO11P. The number of carbonyl (C=O) groups is 2. The lowest BCUT2D eigenvalue weighted by Gasteiger charge is -2.20. The summed E-state index contributed by atoms with van der Waals surface area (Å²) in [6.45, 7) is 3.14. The molecule has 336 valence electrons. The Morgan fingerprint density at radius 2 is 1.16 bits per heavy atom. The van der Waals surface area contributed by atoms with E-state index in [0.29, 0.717) is 12.8 Å². The van der Waals surface area contributed by atoms with Gasteiger partial charge in [0, 0.05) is 19.4 Å². The Labute approximate surface area is 350 Å². The largest absolute Gasteiger partial charge is 0.472 e. The number of phosphoric ester groups is 1. The van der Waals surface area contributed by atoms with E-state index in [2.05, 4.69) is 6.92 Å². The first-order chi connectivity index (χ1) is 28.0. The molecule has 0 spiro atoms. The van der Waals surface area contributed by atoms with Gasteiger partial charge in [-0.05, 0) is 32.1 Å². The molecule has 58 heavy (non-hydrogen) atoms. The quantitative estimate of drug-likeness (QED) is 0.0129. The van der Waals surface area contributed by atoms with Gasteiger partial charge in [-0.15, -0.1) is 0 Å². The molecule has 0 saturated heterocycles. The number of nitrogens with two attached hydrogens (primary N) is 1. The van der Waals surface area contributed by atoms with Crippen molar-refractivity contribution in [2.45, 2.75) is 186 Å². The predicted octanol–water partition coefficient (Wildman–Crippen LogP) is 9.41. The molecule has 13 heteroatoms. The number of unbranched alkanes of at least 4 members (excludes halogenated alkanes) is 16. The Kier molecular flexibility index (Phi) is 38.4. The number of aliphatic hydroxyl groups excluding tert-OH is 3. The van der Waals surface area contributed by atoms with Crippen LogP contribution < -0.4 is 5.73 Å². The minimum Gasteiger partial charge on any atom is -0.462 e. The van der Waals surface area contributed by atoms with E-state index in [1.165, 1.54) is 89.5 Å². The van der Waals surface area contributed by atoms with Crippen molar-refractivity contribution in [3.05, 3.63) is 60.8 Å².